The second-order valence-electron chi connectivity index (χ2n) is 6.55. The molecule has 6 nitrogen and oxygen atoms in total. The number of halogens is 1. The highest BCUT2D eigenvalue weighted by molar-refractivity contribution is 14.0. The Morgan fingerprint density at radius 2 is 1.96 bits per heavy atom. The summed E-state index contributed by atoms with van der Waals surface area (Å²) < 4.78 is 0. The number of nitrogens with zero attached hydrogens (tertiary/aromatic N) is 3. The molecule has 7 heteroatoms. The summed E-state index contributed by atoms with van der Waals surface area (Å²) in [5, 5.41) is 6.73. The van der Waals surface area contributed by atoms with Crippen molar-refractivity contribution >= 4 is 35.8 Å². The second kappa shape index (κ2) is 10.3. The van der Waals surface area contributed by atoms with Crippen LogP contribution in [0.1, 0.15) is 39.0 Å². The monoisotopic (exact) mass is 437 g/mol. The Morgan fingerprint density at radius 3 is 2.57 bits per heavy atom. The Kier molecular flexibility index (Phi) is 9.19. The van der Waals surface area contributed by atoms with E-state index in [2.05, 4.69) is 20.5 Å². The van der Waals surface area contributed by atoms with Crippen LogP contribution in [0, 0.1) is 0 Å². The lowest BCUT2D eigenvalue weighted by Crippen LogP contribution is -2.45. The number of hydrogen-bond acceptors (Lipinski definition) is 3. The third kappa shape index (κ3) is 6.45. The van der Waals surface area contributed by atoms with E-state index in [1.807, 2.05) is 6.92 Å². The summed E-state index contributed by atoms with van der Waals surface area (Å²) in [5.41, 5.74) is 0. The number of aliphatic imine (C=N–C) groups is 1. The molecule has 1 saturated carbocycles. The number of nitrogens with one attached hydrogen (secondary N) is 2. The van der Waals surface area contributed by atoms with E-state index in [1.165, 1.54) is 32.2 Å². The summed E-state index contributed by atoms with van der Waals surface area (Å²) in [5.74, 6) is 0.784. The maximum Gasteiger partial charge on any atom is 0.243 e. The Labute approximate surface area is 157 Å². The van der Waals surface area contributed by atoms with Crippen molar-refractivity contribution in [2.75, 3.05) is 40.3 Å². The molecule has 134 valence electrons. The molecule has 1 aliphatic heterocycles. The molecule has 1 unspecified atom stereocenters. The van der Waals surface area contributed by atoms with Gasteiger partial charge in [-0.25, -0.2) is 4.99 Å². The average Bonchev–Trinajstić information content (AvgIpc) is 3.15. The molecule has 2 aliphatic rings. The van der Waals surface area contributed by atoms with E-state index in [1.54, 1.807) is 19.0 Å². The zero-order valence-corrected chi connectivity index (χ0v) is 17.0. The van der Waals surface area contributed by atoms with Gasteiger partial charge in [0.1, 0.15) is 6.54 Å². The van der Waals surface area contributed by atoms with Gasteiger partial charge in [-0.05, 0) is 26.2 Å². The van der Waals surface area contributed by atoms with Crippen molar-refractivity contribution in [3.8, 4) is 0 Å². The van der Waals surface area contributed by atoms with E-state index in [9.17, 15) is 4.79 Å². The fourth-order valence-corrected chi connectivity index (χ4v) is 3.31. The van der Waals surface area contributed by atoms with Gasteiger partial charge in [0.05, 0.1) is 0 Å². The maximum atomic E-state index is 11.7. The number of carbonyl (C=O) groups excluding carboxylic acids is 1. The molecule has 1 aliphatic carbocycles. The molecule has 2 N–H and O–H groups in total. The molecule has 0 bridgehead atoms. The number of amides is 1. The fraction of sp³-hybridized carbons (Fsp3) is 0.875. The van der Waals surface area contributed by atoms with Crippen LogP contribution in [0.3, 0.4) is 0 Å². The Balaban J connectivity index is 0.00000264. The Bertz CT molecular complexity index is 396. The van der Waals surface area contributed by atoms with Crippen LogP contribution < -0.4 is 10.6 Å². The van der Waals surface area contributed by atoms with E-state index in [0.29, 0.717) is 6.04 Å². The summed E-state index contributed by atoms with van der Waals surface area (Å²) in [6.45, 7) is 5.32. The van der Waals surface area contributed by atoms with Crippen LogP contribution >= 0.6 is 24.0 Å². The molecule has 2 fully saturated rings. The molecule has 1 saturated heterocycles. The van der Waals surface area contributed by atoms with Crippen molar-refractivity contribution in [2.45, 2.75) is 51.1 Å². The average molecular weight is 437 g/mol. The number of guanidine groups is 1. The third-order valence-corrected chi connectivity index (χ3v) is 4.62. The SMILES string of the molecule is CCNC(=NCC(=O)N(C)C)NC1CCN(C2CCCC2)C1.I. The quantitative estimate of drug-likeness (QED) is 0.387. The van der Waals surface area contributed by atoms with Gasteiger partial charge < -0.3 is 15.5 Å². The van der Waals surface area contributed by atoms with Crippen LogP contribution in [-0.4, -0.2) is 74.0 Å². The first-order chi connectivity index (χ1) is 10.6. The summed E-state index contributed by atoms with van der Waals surface area (Å²) in [4.78, 5) is 20.3. The predicted molar refractivity (Wildman–Crippen MR) is 105 cm³/mol. The maximum absolute atomic E-state index is 11.7. The topological polar surface area (TPSA) is 60.0 Å². The van der Waals surface area contributed by atoms with Gasteiger partial charge in [-0.3, -0.25) is 9.69 Å². The standard InChI is InChI=1S/C16H31N5O.HI/c1-4-17-16(18-11-15(22)20(2)3)19-13-9-10-21(12-13)14-7-5-6-8-14;/h13-14H,4-12H2,1-3H3,(H2,17,18,19);1H. The van der Waals surface area contributed by atoms with Gasteiger partial charge in [-0.1, -0.05) is 12.8 Å². The zero-order chi connectivity index (χ0) is 15.9. The first-order valence-corrected chi connectivity index (χ1v) is 8.59. The number of rotatable bonds is 5. The van der Waals surface area contributed by atoms with Gasteiger partial charge in [0.25, 0.3) is 0 Å². The minimum absolute atomic E-state index is 0. The first kappa shape index (κ1) is 20.5. The van der Waals surface area contributed by atoms with Gasteiger partial charge in [0.15, 0.2) is 5.96 Å². The highest BCUT2D eigenvalue weighted by Gasteiger charge is 2.30. The minimum atomic E-state index is 0. The molecular formula is C16H32IN5O. The van der Waals surface area contributed by atoms with Crippen molar-refractivity contribution in [2.24, 2.45) is 4.99 Å². The highest BCUT2D eigenvalue weighted by Crippen LogP contribution is 2.26. The second-order valence-corrected chi connectivity index (χ2v) is 6.55. The molecule has 0 aromatic rings. The van der Waals surface area contributed by atoms with Crippen LogP contribution in [0.5, 0.6) is 0 Å². The van der Waals surface area contributed by atoms with Gasteiger partial charge >= 0.3 is 0 Å². The van der Waals surface area contributed by atoms with E-state index >= 15 is 0 Å². The molecule has 2 rings (SSSR count). The molecule has 0 aromatic carbocycles. The number of carbonyl (C=O) groups is 1. The zero-order valence-electron chi connectivity index (χ0n) is 14.7. The van der Waals surface area contributed by atoms with Crippen molar-refractivity contribution < 1.29 is 4.79 Å². The van der Waals surface area contributed by atoms with Crippen LogP contribution in [0.25, 0.3) is 0 Å². The van der Waals surface area contributed by atoms with Crippen molar-refractivity contribution in [1.82, 2.24) is 20.4 Å². The summed E-state index contributed by atoms with van der Waals surface area (Å²) in [7, 11) is 3.52. The summed E-state index contributed by atoms with van der Waals surface area (Å²) >= 11 is 0. The van der Waals surface area contributed by atoms with Crippen molar-refractivity contribution in [1.29, 1.82) is 0 Å². The van der Waals surface area contributed by atoms with E-state index in [0.717, 1.165) is 31.5 Å². The van der Waals surface area contributed by atoms with Crippen molar-refractivity contribution in [3.05, 3.63) is 0 Å². The van der Waals surface area contributed by atoms with E-state index in [4.69, 9.17) is 0 Å². The molecule has 1 amide bonds. The molecule has 1 heterocycles. The molecule has 0 radical (unpaired) electrons. The molecule has 23 heavy (non-hydrogen) atoms. The van der Waals surface area contributed by atoms with E-state index in [-0.39, 0.29) is 36.4 Å². The molecule has 0 spiro atoms. The van der Waals surface area contributed by atoms with Crippen molar-refractivity contribution in [3.63, 3.8) is 0 Å². The Hall–Kier alpha value is -0.570. The fourth-order valence-electron chi connectivity index (χ4n) is 3.31. The third-order valence-electron chi connectivity index (χ3n) is 4.62. The van der Waals surface area contributed by atoms with Crippen LogP contribution in [-0.2, 0) is 4.79 Å². The Morgan fingerprint density at radius 1 is 1.26 bits per heavy atom. The summed E-state index contributed by atoms with van der Waals surface area (Å²) in [6.07, 6.45) is 6.64. The van der Waals surface area contributed by atoms with Crippen LogP contribution in [0.2, 0.25) is 0 Å². The highest BCUT2D eigenvalue weighted by atomic mass is 127. The van der Waals surface area contributed by atoms with Gasteiger partial charge in [-0.2, -0.15) is 0 Å². The number of likely N-dealkylation sites (tertiary alicyclic amines) is 1. The lowest BCUT2D eigenvalue weighted by Gasteiger charge is -2.24. The molecule has 0 aromatic heterocycles. The van der Waals surface area contributed by atoms with Crippen LogP contribution in [0.15, 0.2) is 4.99 Å². The van der Waals surface area contributed by atoms with Gasteiger partial charge in [-0.15, -0.1) is 24.0 Å². The normalized spacial score (nSPS) is 22.7. The number of hydrogen-bond donors (Lipinski definition) is 2. The van der Waals surface area contributed by atoms with Gasteiger partial charge in [0, 0.05) is 45.8 Å². The van der Waals surface area contributed by atoms with Crippen LogP contribution in [0.4, 0.5) is 0 Å². The lowest BCUT2D eigenvalue weighted by molar-refractivity contribution is -0.127. The molecule has 1 atom stereocenters. The minimum Gasteiger partial charge on any atom is -0.357 e. The first-order valence-electron chi connectivity index (χ1n) is 8.59. The smallest absolute Gasteiger partial charge is 0.243 e. The van der Waals surface area contributed by atoms with Gasteiger partial charge in [0.2, 0.25) is 5.91 Å². The lowest BCUT2D eigenvalue weighted by atomic mass is 10.2. The largest absolute Gasteiger partial charge is 0.357 e. The predicted octanol–water partition coefficient (Wildman–Crippen LogP) is 1.26. The van der Waals surface area contributed by atoms with E-state index < -0.39 is 0 Å². The number of likely N-dealkylation sites (N-methyl/N-ethyl adjacent to an activating group) is 1. The molecular weight excluding hydrogens is 405 g/mol. The summed E-state index contributed by atoms with van der Waals surface area (Å²) in [6, 6.07) is 1.23.